The Hall–Kier alpha value is 0.620. The van der Waals surface area contributed by atoms with Gasteiger partial charge in [0.2, 0.25) is 0 Å². The smallest absolute Gasteiger partial charge is 0.302 e. The standard InChI is InChI=1S/C19H47N4O2P2/c1-18(2,3)20-26(24-16-14-22(7,8)9)21(19(4,5)6)27(20,13)25-17-15-23(10,11)12/h14-17H2,1-13H3/q+3. The quantitative estimate of drug-likeness (QED) is 0.428. The molecule has 0 amide bonds. The highest BCUT2D eigenvalue weighted by atomic mass is 31.3. The van der Waals surface area contributed by atoms with E-state index >= 15 is 0 Å². The van der Waals surface area contributed by atoms with Crippen LogP contribution in [-0.4, -0.2) is 104 Å². The third kappa shape index (κ3) is 7.12. The second-order valence-corrected chi connectivity index (χ2v) is 16.6. The van der Waals surface area contributed by atoms with Crippen LogP contribution in [0, 0.1) is 0 Å². The SMILES string of the molecule is CC(C)(C)N1P(OCC[N+](C)(C)C)N(C(C)(C)C)[P+]1(C)OCC[N+](C)(C)C. The Kier molecular flexibility index (Phi) is 7.98. The first-order valence-electron chi connectivity index (χ1n) is 9.95. The summed E-state index contributed by atoms with van der Waals surface area (Å²) in [7, 11) is 10.6. The summed E-state index contributed by atoms with van der Waals surface area (Å²) in [6.45, 7) is 19.6. The minimum Gasteiger partial charge on any atom is -0.329 e. The van der Waals surface area contributed by atoms with Gasteiger partial charge in [0.15, 0.2) is 0 Å². The van der Waals surface area contributed by atoms with E-state index in [2.05, 4.69) is 99.4 Å². The van der Waals surface area contributed by atoms with Gasteiger partial charge in [-0.05, 0) is 41.5 Å². The van der Waals surface area contributed by atoms with Crippen molar-refractivity contribution in [2.24, 2.45) is 0 Å². The zero-order chi connectivity index (χ0) is 21.5. The fraction of sp³-hybridized carbons (Fsp3) is 1.00. The average molecular weight is 426 g/mol. The summed E-state index contributed by atoms with van der Waals surface area (Å²) in [6.07, 6.45) is 0. The topological polar surface area (TPSA) is 24.9 Å². The molecule has 0 spiro atoms. The van der Waals surface area contributed by atoms with Crippen LogP contribution in [0.1, 0.15) is 41.5 Å². The maximum atomic E-state index is 6.68. The Morgan fingerprint density at radius 1 is 0.741 bits per heavy atom. The van der Waals surface area contributed by atoms with E-state index in [0.29, 0.717) is 0 Å². The number of hydrogen-bond acceptors (Lipinski definition) is 4. The van der Waals surface area contributed by atoms with Gasteiger partial charge in [-0.25, -0.2) is 0 Å². The highest BCUT2D eigenvalue weighted by Gasteiger charge is 2.74. The molecule has 0 N–H and O–H groups in total. The van der Waals surface area contributed by atoms with Gasteiger partial charge in [0.05, 0.1) is 53.4 Å². The molecule has 8 heteroatoms. The molecular formula is C19H47N4O2P2+3. The van der Waals surface area contributed by atoms with Gasteiger partial charge >= 0.3 is 7.79 Å². The van der Waals surface area contributed by atoms with E-state index in [1.165, 1.54) is 0 Å². The minimum absolute atomic E-state index is 0.0170. The van der Waals surface area contributed by atoms with Crippen molar-refractivity contribution in [2.45, 2.75) is 52.6 Å². The molecule has 0 radical (unpaired) electrons. The summed E-state index contributed by atoms with van der Waals surface area (Å²) in [5, 5.41) is 0. The van der Waals surface area contributed by atoms with Crippen molar-refractivity contribution >= 4 is 16.2 Å². The monoisotopic (exact) mass is 425 g/mol. The van der Waals surface area contributed by atoms with Gasteiger partial charge in [-0.1, -0.05) is 8.88 Å². The first-order chi connectivity index (χ1) is 11.8. The first kappa shape index (κ1) is 25.7. The van der Waals surface area contributed by atoms with Crippen molar-refractivity contribution in [3.05, 3.63) is 0 Å². The molecule has 162 valence electrons. The van der Waals surface area contributed by atoms with Crippen molar-refractivity contribution in [3.63, 3.8) is 0 Å². The Morgan fingerprint density at radius 2 is 1.11 bits per heavy atom. The average Bonchev–Trinajstić information content (AvgIpc) is 2.30. The van der Waals surface area contributed by atoms with E-state index in [0.717, 1.165) is 35.3 Å². The molecule has 0 saturated carbocycles. The minimum atomic E-state index is -1.87. The number of quaternary nitrogens is 2. The second kappa shape index (κ2) is 8.40. The lowest BCUT2D eigenvalue weighted by Gasteiger charge is -2.60. The molecule has 1 saturated heterocycles. The molecule has 1 rings (SSSR count). The number of rotatable bonds is 8. The van der Waals surface area contributed by atoms with Crippen molar-refractivity contribution < 1.29 is 18.0 Å². The molecule has 0 unspecified atom stereocenters. The van der Waals surface area contributed by atoms with Crippen LogP contribution in [-0.2, 0) is 9.05 Å². The normalized spacial score (nSPS) is 26.3. The molecule has 0 aromatic heterocycles. The van der Waals surface area contributed by atoms with Gasteiger partial charge in [-0.3, -0.25) is 0 Å². The van der Waals surface area contributed by atoms with E-state index < -0.39 is 16.2 Å². The van der Waals surface area contributed by atoms with Gasteiger partial charge in [-0.15, -0.1) is 0 Å². The zero-order valence-corrected chi connectivity index (χ0v) is 22.1. The van der Waals surface area contributed by atoms with Crippen LogP contribution >= 0.6 is 16.2 Å². The third-order valence-electron chi connectivity index (χ3n) is 4.29. The lowest BCUT2D eigenvalue weighted by molar-refractivity contribution is -0.870. The molecular weight excluding hydrogens is 378 g/mol. The zero-order valence-electron chi connectivity index (χ0n) is 20.3. The van der Waals surface area contributed by atoms with Crippen LogP contribution in [0.2, 0.25) is 0 Å². The summed E-state index contributed by atoms with van der Waals surface area (Å²) in [5.74, 6) is 0. The third-order valence-corrected chi connectivity index (χ3v) is 12.7. The molecule has 6 nitrogen and oxygen atoms in total. The summed E-state index contributed by atoms with van der Waals surface area (Å²) in [4.78, 5) is 0. The predicted octanol–water partition coefficient (Wildman–Crippen LogP) is 4.27. The predicted molar refractivity (Wildman–Crippen MR) is 121 cm³/mol. The molecule has 0 aromatic rings. The van der Waals surface area contributed by atoms with E-state index in [1.807, 2.05) is 0 Å². The molecule has 0 atom stereocenters. The molecule has 1 heterocycles. The fourth-order valence-electron chi connectivity index (χ4n) is 3.14. The molecule has 1 aliphatic rings. The van der Waals surface area contributed by atoms with Gasteiger partial charge in [-0.2, -0.15) is 4.52 Å². The molecule has 0 aliphatic carbocycles. The van der Waals surface area contributed by atoms with E-state index in [4.69, 9.17) is 9.05 Å². The molecule has 1 fully saturated rings. The summed E-state index contributed by atoms with van der Waals surface area (Å²) >= 11 is 0. The molecule has 0 aromatic carbocycles. The molecule has 1 aliphatic heterocycles. The van der Waals surface area contributed by atoms with Gasteiger partial charge in [0.1, 0.15) is 33.0 Å². The first-order valence-corrected chi connectivity index (χ1v) is 13.2. The Morgan fingerprint density at radius 3 is 1.44 bits per heavy atom. The summed E-state index contributed by atoms with van der Waals surface area (Å²) < 4.78 is 20.2. The van der Waals surface area contributed by atoms with E-state index in [-0.39, 0.29) is 11.1 Å². The van der Waals surface area contributed by atoms with Crippen molar-refractivity contribution in [2.75, 3.05) is 75.3 Å². The van der Waals surface area contributed by atoms with Crippen LogP contribution in [0.4, 0.5) is 0 Å². The second-order valence-electron chi connectivity index (χ2n) is 11.7. The van der Waals surface area contributed by atoms with E-state index in [1.54, 1.807) is 0 Å². The van der Waals surface area contributed by atoms with Crippen LogP contribution in [0.15, 0.2) is 0 Å². The maximum Gasteiger partial charge on any atom is 0.302 e. The summed E-state index contributed by atoms with van der Waals surface area (Å²) in [6, 6.07) is 0. The van der Waals surface area contributed by atoms with Crippen LogP contribution in [0.3, 0.4) is 0 Å². The lowest BCUT2D eigenvalue weighted by atomic mass is 10.1. The fourth-order valence-corrected chi connectivity index (χ4v) is 11.2. The molecule has 0 bridgehead atoms. The number of likely N-dealkylation sites (N-methyl/N-ethyl adjacent to an activating group) is 2. The number of nitrogens with zero attached hydrogens (tertiary/aromatic N) is 4. The highest BCUT2D eigenvalue weighted by Crippen LogP contribution is 2.90. The Balaban J connectivity index is 3.04. The van der Waals surface area contributed by atoms with Gasteiger partial charge < -0.3 is 13.5 Å². The van der Waals surface area contributed by atoms with Gasteiger partial charge in [0, 0.05) is 0 Å². The Labute approximate surface area is 171 Å². The van der Waals surface area contributed by atoms with Crippen LogP contribution < -0.4 is 0 Å². The highest BCUT2D eigenvalue weighted by molar-refractivity contribution is 7.87. The van der Waals surface area contributed by atoms with Crippen LogP contribution in [0.5, 0.6) is 0 Å². The molecule has 27 heavy (non-hydrogen) atoms. The van der Waals surface area contributed by atoms with Crippen molar-refractivity contribution in [1.82, 2.24) is 8.88 Å². The van der Waals surface area contributed by atoms with Crippen LogP contribution in [0.25, 0.3) is 0 Å². The van der Waals surface area contributed by atoms with Crippen molar-refractivity contribution in [1.29, 1.82) is 0 Å². The van der Waals surface area contributed by atoms with Gasteiger partial charge in [0.25, 0.3) is 8.45 Å². The Bertz CT molecular complexity index is 468. The van der Waals surface area contributed by atoms with E-state index in [9.17, 15) is 0 Å². The number of hydrogen-bond donors (Lipinski definition) is 0. The maximum absolute atomic E-state index is 6.68. The largest absolute Gasteiger partial charge is 0.329 e. The van der Waals surface area contributed by atoms with Crippen molar-refractivity contribution in [3.8, 4) is 0 Å². The lowest BCUT2D eigenvalue weighted by Crippen LogP contribution is -2.58. The summed E-state index contributed by atoms with van der Waals surface area (Å²) in [5.41, 5.74) is 0.0340.